The Morgan fingerprint density at radius 2 is 0.923 bits per heavy atom. The minimum Gasteiger partial charge on any atom is -0.320 e. The molecule has 0 aliphatic rings. The summed E-state index contributed by atoms with van der Waals surface area (Å²) in [6.07, 6.45) is 1.25. The molecule has 1 heteroatoms. The Bertz CT molecular complexity index is 108. The highest BCUT2D eigenvalue weighted by Crippen LogP contribution is 1.79. The molecule has 0 saturated heterocycles. The number of hydrogen-bond donors (Lipinski definition) is 1. The average Bonchev–Trinajstić information content (AvgIpc) is 2.22. The topological polar surface area (TPSA) is 12.0 Å². The van der Waals surface area contributed by atoms with Gasteiger partial charge in [-0.1, -0.05) is 63.6 Å². The molecule has 0 unspecified atom stereocenters. The van der Waals surface area contributed by atoms with Crippen molar-refractivity contribution < 1.29 is 0 Å². The highest BCUT2D eigenvalue weighted by Gasteiger charge is 1.57. The van der Waals surface area contributed by atoms with Crippen LogP contribution in [-0.2, 0) is 0 Å². The molecule has 1 N–H and O–H groups in total. The van der Waals surface area contributed by atoms with Crippen LogP contribution in [0.25, 0.3) is 0 Å². The molecule has 13 heavy (non-hydrogen) atoms. The smallest absolute Gasteiger partial charge is 0.00804 e. The van der Waals surface area contributed by atoms with Gasteiger partial charge in [0.25, 0.3) is 0 Å². The summed E-state index contributed by atoms with van der Waals surface area (Å²) >= 11 is 0. The Hall–Kier alpha value is -0.820. The molecule has 1 rings (SSSR count). The second-order valence-corrected chi connectivity index (χ2v) is 2.57. The predicted octanol–water partition coefficient (Wildman–Crippen LogP) is 3.33. The molecule has 0 fully saturated rings. The van der Waals surface area contributed by atoms with Gasteiger partial charge in [0.1, 0.15) is 0 Å². The van der Waals surface area contributed by atoms with E-state index < -0.39 is 0 Å². The van der Waals surface area contributed by atoms with Gasteiger partial charge < -0.3 is 5.32 Å². The third-order valence-corrected chi connectivity index (χ3v) is 1.02. The number of hydrogen-bond acceptors (Lipinski definition) is 1. The molecule has 76 valence electrons. The zero-order valence-corrected chi connectivity index (χ0v) is 9.38. The number of rotatable bonds is 1. The van der Waals surface area contributed by atoms with Crippen LogP contribution < -0.4 is 5.32 Å². The fraction of sp³-hybridized carbons (Fsp3) is 0.500. The van der Waals surface area contributed by atoms with E-state index in [0.29, 0.717) is 0 Å². The maximum atomic E-state index is 2.93. The van der Waals surface area contributed by atoms with E-state index in [1.165, 1.54) is 6.42 Å². The van der Waals surface area contributed by atoms with Gasteiger partial charge in [-0.2, -0.15) is 0 Å². The minimum absolute atomic E-state index is 1.07. The van der Waals surface area contributed by atoms with Crippen molar-refractivity contribution in [2.45, 2.75) is 27.2 Å². The van der Waals surface area contributed by atoms with E-state index >= 15 is 0 Å². The lowest BCUT2D eigenvalue weighted by Crippen LogP contribution is -2.01. The Morgan fingerprint density at radius 1 is 0.769 bits per heavy atom. The van der Waals surface area contributed by atoms with Crippen molar-refractivity contribution in [2.24, 2.45) is 0 Å². The van der Waals surface area contributed by atoms with Gasteiger partial charge in [0.2, 0.25) is 0 Å². The lowest BCUT2D eigenvalue weighted by atomic mass is 10.4. The fourth-order valence-corrected chi connectivity index (χ4v) is 0.385. The zero-order chi connectivity index (χ0) is 10.4. The summed E-state index contributed by atoms with van der Waals surface area (Å²) in [6.45, 7) is 7.39. The van der Waals surface area contributed by atoms with Crippen LogP contribution >= 0.6 is 0 Å². The lowest BCUT2D eigenvalue weighted by molar-refractivity contribution is 0.864. The molecule has 0 aromatic heterocycles. The average molecular weight is 181 g/mol. The van der Waals surface area contributed by atoms with Crippen LogP contribution in [0.2, 0.25) is 0 Å². The summed E-state index contributed by atoms with van der Waals surface area (Å²) in [6, 6.07) is 12.0. The van der Waals surface area contributed by atoms with Crippen molar-refractivity contribution in [3.05, 3.63) is 36.4 Å². The van der Waals surface area contributed by atoms with Crippen LogP contribution in [-0.4, -0.2) is 13.6 Å². The van der Waals surface area contributed by atoms with Gasteiger partial charge in [0.05, 0.1) is 0 Å². The van der Waals surface area contributed by atoms with Gasteiger partial charge in [-0.15, -0.1) is 0 Å². The third-order valence-electron chi connectivity index (χ3n) is 1.02. The molecular weight excluding hydrogens is 158 g/mol. The second-order valence-electron chi connectivity index (χ2n) is 2.57. The van der Waals surface area contributed by atoms with Gasteiger partial charge in [0, 0.05) is 0 Å². The largest absolute Gasteiger partial charge is 0.320 e. The molecule has 0 bridgehead atoms. The van der Waals surface area contributed by atoms with Gasteiger partial charge in [-0.05, 0) is 13.6 Å². The normalized spacial score (nSPS) is 7.38. The highest BCUT2D eigenvalue weighted by molar-refractivity contribution is 4.99. The van der Waals surface area contributed by atoms with Gasteiger partial charge in [0.15, 0.2) is 0 Å². The van der Waals surface area contributed by atoms with E-state index in [0.717, 1.165) is 6.54 Å². The number of benzene rings is 1. The minimum atomic E-state index is 1.07. The Kier molecular flexibility index (Phi) is 19.6. The Balaban J connectivity index is 0. The lowest BCUT2D eigenvalue weighted by Gasteiger charge is -1.76. The fourth-order valence-electron chi connectivity index (χ4n) is 0.385. The van der Waals surface area contributed by atoms with Gasteiger partial charge in [-0.25, -0.2) is 0 Å². The SMILES string of the molecule is CCC.CCNC.c1ccccc1. The van der Waals surface area contributed by atoms with E-state index in [4.69, 9.17) is 0 Å². The standard InChI is InChI=1S/C6H6.C3H9N.C3H8/c1-2-4-6-5-3-1;1-3-4-2;1-3-2/h1-6H;4H,3H2,1-2H3;3H2,1-2H3. The summed E-state index contributed by atoms with van der Waals surface area (Å²) in [5.74, 6) is 0. The van der Waals surface area contributed by atoms with Gasteiger partial charge in [-0.3, -0.25) is 0 Å². The maximum absolute atomic E-state index is 2.93. The van der Waals surface area contributed by atoms with E-state index in [2.05, 4.69) is 26.1 Å². The summed E-state index contributed by atoms with van der Waals surface area (Å²) in [7, 11) is 1.93. The highest BCUT2D eigenvalue weighted by atomic mass is 14.8. The molecule has 0 saturated carbocycles. The van der Waals surface area contributed by atoms with E-state index in [1.54, 1.807) is 0 Å². The van der Waals surface area contributed by atoms with Crippen LogP contribution in [0, 0.1) is 0 Å². The quantitative estimate of drug-likeness (QED) is 0.700. The van der Waals surface area contributed by atoms with Crippen LogP contribution in [0.15, 0.2) is 36.4 Å². The summed E-state index contributed by atoms with van der Waals surface area (Å²) in [5, 5.41) is 2.93. The summed E-state index contributed by atoms with van der Waals surface area (Å²) in [5.41, 5.74) is 0. The van der Waals surface area contributed by atoms with Crippen molar-refractivity contribution in [1.29, 1.82) is 0 Å². The second kappa shape index (κ2) is 17.3. The molecule has 0 radical (unpaired) electrons. The zero-order valence-electron chi connectivity index (χ0n) is 9.38. The van der Waals surface area contributed by atoms with E-state index in [-0.39, 0.29) is 0 Å². The summed E-state index contributed by atoms with van der Waals surface area (Å²) in [4.78, 5) is 0. The molecular formula is C12H23N. The monoisotopic (exact) mass is 181 g/mol. The van der Waals surface area contributed by atoms with Crippen molar-refractivity contribution in [3.63, 3.8) is 0 Å². The first-order valence-electron chi connectivity index (χ1n) is 4.97. The van der Waals surface area contributed by atoms with Crippen molar-refractivity contribution in [2.75, 3.05) is 13.6 Å². The first-order valence-corrected chi connectivity index (χ1v) is 4.97. The van der Waals surface area contributed by atoms with Crippen molar-refractivity contribution in [3.8, 4) is 0 Å². The molecule has 0 spiro atoms. The molecule has 0 atom stereocenters. The summed E-state index contributed by atoms with van der Waals surface area (Å²) < 4.78 is 0. The molecule has 0 aliphatic heterocycles. The van der Waals surface area contributed by atoms with Gasteiger partial charge >= 0.3 is 0 Å². The first kappa shape index (κ1) is 14.7. The molecule has 1 aromatic rings. The van der Waals surface area contributed by atoms with Crippen molar-refractivity contribution >= 4 is 0 Å². The molecule has 0 heterocycles. The van der Waals surface area contributed by atoms with Crippen LogP contribution in [0.1, 0.15) is 27.2 Å². The molecule has 0 aliphatic carbocycles. The first-order chi connectivity index (χ1) is 6.33. The number of nitrogens with one attached hydrogen (secondary N) is 1. The van der Waals surface area contributed by atoms with E-state index in [9.17, 15) is 0 Å². The van der Waals surface area contributed by atoms with Crippen LogP contribution in [0.4, 0.5) is 0 Å². The molecule has 1 aromatic carbocycles. The molecule has 0 amide bonds. The third kappa shape index (κ3) is 24.7. The Morgan fingerprint density at radius 3 is 1.00 bits per heavy atom. The van der Waals surface area contributed by atoms with E-state index in [1.807, 2.05) is 43.4 Å². The Labute approximate surface area is 83.2 Å². The molecule has 1 nitrogen and oxygen atoms in total. The maximum Gasteiger partial charge on any atom is -0.00804 e. The van der Waals surface area contributed by atoms with Crippen LogP contribution in [0.5, 0.6) is 0 Å². The predicted molar refractivity (Wildman–Crippen MR) is 62.0 cm³/mol. The van der Waals surface area contributed by atoms with Crippen molar-refractivity contribution in [1.82, 2.24) is 5.32 Å². The van der Waals surface area contributed by atoms with Crippen LogP contribution in [0.3, 0.4) is 0 Å².